The van der Waals surface area contributed by atoms with Gasteiger partial charge in [0.25, 0.3) is 0 Å². The highest BCUT2D eigenvalue weighted by Gasteiger charge is 2.37. The molecule has 126 valence electrons. The molecule has 0 unspecified atom stereocenters. The van der Waals surface area contributed by atoms with Gasteiger partial charge in [0.1, 0.15) is 5.75 Å². The standard InChI is InChI=1S/C18H22N2O.2ClH/c21-17-8-7-16(14-3-1-2-4-15(14)17)18(13-5-6-13)20-11-9-19-10-12-20;;/h1-4,7-8,13,18-19,21H,5-6,9-12H2;2*1H/t18-;;/m1../s1. The Kier molecular flexibility index (Phi) is 6.15. The molecule has 2 aromatic rings. The predicted octanol–water partition coefficient (Wildman–Crippen LogP) is 3.75. The first-order valence-electron chi connectivity index (χ1n) is 8.00. The van der Waals surface area contributed by atoms with Crippen LogP contribution in [0.1, 0.15) is 24.4 Å². The second kappa shape index (κ2) is 7.71. The summed E-state index contributed by atoms with van der Waals surface area (Å²) < 4.78 is 0. The van der Waals surface area contributed by atoms with Crippen molar-refractivity contribution in [2.75, 3.05) is 26.2 Å². The van der Waals surface area contributed by atoms with Crippen LogP contribution in [-0.4, -0.2) is 36.2 Å². The van der Waals surface area contributed by atoms with Crippen molar-refractivity contribution in [3.63, 3.8) is 0 Å². The maximum Gasteiger partial charge on any atom is 0.123 e. The number of halogens is 2. The quantitative estimate of drug-likeness (QED) is 0.880. The zero-order valence-corrected chi connectivity index (χ0v) is 14.7. The van der Waals surface area contributed by atoms with Gasteiger partial charge in [0.2, 0.25) is 0 Å². The summed E-state index contributed by atoms with van der Waals surface area (Å²) >= 11 is 0. The molecule has 2 aromatic carbocycles. The Morgan fingerprint density at radius 3 is 2.26 bits per heavy atom. The number of rotatable bonds is 3. The molecule has 0 spiro atoms. The molecular weight excluding hydrogens is 331 g/mol. The Morgan fingerprint density at radius 1 is 0.957 bits per heavy atom. The average Bonchev–Trinajstić information content (AvgIpc) is 3.36. The molecule has 5 heteroatoms. The van der Waals surface area contributed by atoms with E-state index < -0.39 is 0 Å². The fourth-order valence-electron chi connectivity index (χ4n) is 3.69. The van der Waals surface area contributed by atoms with E-state index in [4.69, 9.17) is 0 Å². The molecule has 0 aromatic heterocycles. The molecule has 4 rings (SSSR count). The molecule has 1 atom stereocenters. The summed E-state index contributed by atoms with van der Waals surface area (Å²) in [6.07, 6.45) is 2.67. The molecule has 1 aliphatic heterocycles. The SMILES string of the molecule is Cl.Cl.Oc1ccc([C@@H](C2CC2)N2CCNCC2)c2ccccc12. The van der Waals surface area contributed by atoms with Gasteiger partial charge in [0, 0.05) is 37.6 Å². The highest BCUT2D eigenvalue weighted by molar-refractivity contribution is 5.91. The van der Waals surface area contributed by atoms with E-state index >= 15 is 0 Å². The van der Waals surface area contributed by atoms with Crippen LogP contribution in [0.4, 0.5) is 0 Å². The molecule has 2 aliphatic rings. The number of fused-ring (bicyclic) bond motifs is 1. The lowest BCUT2D eigenvalue weighted by Crippen LogP contribution is -2.45. The Balaban J connectivity index is 0.000000960. The molecule has 1 heterocycles. The molecule has 0 radical (unpaired) electrons. The van der Waals surface area contributed by atoms with Gasteiger partial charge in [-0.3, -0.25) is 4.90 Å². The van der Waals surface area contributed by atoms with E-state index in [1.165, 1.54) is 23.8 Å². The first-order valence-corrected chi connectivity index (χ1v) is 8.00. The van der Waals surface area contributed by atoms with Crippen LogP contribution < -0.4 is 5.32 Å². The van der Waals surface area contributed by atoms with E-state index in [-0.39, 0.29) is 24.8 Å². The largest absolute Gasteiger partial charge is 0.507 e. The molecule has 2 fully saturated rings. The van der Waals surface area contributed by atoms with Crippen LogP contribution >= 0.6 is 24.8 Å². The third-order valence-corrected chi connectivity index (χ3v) is 4.87. The summed E-state index contributed by atoms with van der Waals surface area (Å²) in [6.45, 7) is 4.41. The van der Waals surface area contributed by atoms with Crippen molar-refractivity contribution in [3.8, 4) is 5.75 Å². The first-order chi connectivity index (χ1) is 10.3. The molecule has 0 bridgehead atoms. The van der Waals surface area contributed by atoms with Crippen molar-refractivity contribution in [3.05, 3.63) is 42.0 Å². The van der Waals surface area contributed by atoms with Crippen LogP contribution in [-0.2, 0) is 0 Å². The number of nitrogens with zero attached hydrogens (tertiary/aromatic N) is 1. The Labute approximate surface area is 149 Å². The predicted molar refractivity (Wildman–Crippen MR) is 100 cm³/mol. The van der Waals surface area contributed by atoms with Crippen LogP contribution in [0, 0.1) is 5.92 Å². The van der Waals surface area contributed by atoms with Crippen molar-refractivity contribution >= 4 is 35.6 Å². The minimum atomic E-state index is 0. The smallest absolute Gasteiger partial charge is 0.123 e. The van der Waals surface area contributed by atoms with Gasteiger partial charge in [-0.25, -0.2) is 0 Å². The maximum atomic E-state index is 10.1. The average molecular weight is 355 g/mol. The van der Waals surface area contributed by atoms with Crippen LogP contribution in [0.15, 0.2) is 36.4 Å². The van der Waals surface area contributed by atoms with E-state index in [0.29, 0.717) is 11.8 Å². The molecule has 1 saturated heterocycles. The summed E-state index contributed by atoms with van der Waals surface area (Å²) in [5.74, 6) is 1.18. The van der Waals surface area contributed by atoms with Gasteiger partial charge >= 0.3 is 0 Å². The van der Waals surface area contributed by atoms with Gasteiger partial charge in [-0.05, 0) is 35.8 Å². The molecule has 0 amide bonds. The van der Waals surface area contributed by atoms with Gasteiger partial charge in [0.15, 0.2) is 0 Å². The molecule has 2 N–H and O–H groups in total. The second-order valence-corrected chi connectivity index (χ2v) is 6.29. The minimum absolute atomic E-state index is 0. The number of phenolic OH excluding ortho intramolecular Hbond substituents is 1. The van der Waals surface area contributed by atoms with Gasteiger partial charge in [-0.2, -0.15) is 0 Å². The number of aromatic hydroxyl groups is 1. The van der Waals surface area contributed by atoms with E-state index in [1.54, 1.807) is 0 Å². The van der Waals surface area contributed by atoms with Crippen molar-refractivity contribution < 1.29 is 5.11 Å². The van der Waals surface area contributed by atoms with Gasteiger partial charge in [-0.15, -0.1) is 24.8 Å². The number of hydrogen-bond donors (Lipinski definition) is 2. The molecule has 3 nitrogen and oxygen atoms in total. The van der Waals surface area contributed by atoms with Crippen molar-refractivity contribution in [1.29, 1.82) is 0 Å². The van der Waals surface area contributed by atoms with E-state index in [9.17, 15) is 5.11 Å². The highest BCUT2D eigenvalue weighted by Crippen LogP contribution is 2.47. The first kappa shape index (κ1) is 18.3. The molecular formula is C18H24Cl2N2O. The fourth-order valence-corrected chi connectivity index (χ4v) is 3.69. The number of piperazine rings is 1. The molecule has 1 aliphatic carbocycles. The Hall–Kier alpha value is -1.00. The zero-order valence-electron chi connectivity index (χ0n) is 13.1. The van der Waals surface area contributed by atoms with E-state index in [0.717, 1.165) is 37.5 Å². The van der Waals surface area contributed by atoms with Crippen LogP contribution in [0.3, 0.4) is 0 Å². The third kappa shape index (κ3) is 3.58. The minimum Gasteiger partial charge on any atom is -0.507 e. The monoisotopic (exact) mass is 354 g/mol. The zero-order chi connectivity index (χ0) is 14.2. The van der Waals surface area contributed by atoms with Gasteiger partial charge < -0.3 is 10.4 Å². The van der Waals surface area contributed by atoms with Crippen molar-refractivity contribution in [1.82, 2.24) is 10.2 Å². The number of phenols is 1. The summed E-state index contributed by atoms with van der Waals surface area (Å²) in [5, 5.41) is 15.8. The summed E-state index contributed by atoms with van der Waals surface area (Å²) in [7, 11) is 0. The van der Waals surface area contributed by atoms with Gasteiger partial charge in [-0.1, -0.05) is 30.3 Å². The molecule has 1 saturated carbocycles. The Morgan fingerprint density at radius 2 is 1.61 bits per heavy atom. The second-order valence-electron chi connectivity index (χ2n) is 6.29. The summed E-state index contributed by atoms with van der Waals surface area (Å²) in [5.41, 5.74) is 1.40. The van der Waals surface area contributed by atoms with Crippen LogP contribution in [0.2, 0.25) is 0 Å². The lowest BCUT2D eigenvalue weighted by atomic mass is 9.93. The van der Waals surface area contributed by atoms with Crippen LogP contribution in [0.5, 0.6) is 5.75 Å². The van der Waals surface area contributed by atoms with Crippen molar-refractivity contribution in [2.24, 2.45) is 5.92 Å². The summed E-state index contributed by atoms with van der Waals surface area (Å²) in [4.78, 5) is 2.63. The Bertz CT molecular complexity index is 655. The van der Waals surface area contributed by atoms with E-state index in [1.807, 2.05) is 18.2 Å². The van der Waals surface area contributed by atoms with Crippen molar-refractivity contribution in [2.45, 2.75) is 18.9 Å². The number of benzene rings is 2. The number of hydrogen-bond acceptors (Lipinski definition) is 3. The molecule has 23 heavy (non-hydrogen) atoms. The normalized spacial score (nSPS) is 19.7. The van der Waals surface area contributed by atoms with Gasteiger partial charge in [0.05, 0.1) is 0 Å². The highest BCUT2D eigenvalue weighted by atomic mass is 35.5. The lowest BCUT2D eigenvalue weighted by Gasteiger charge is -2.36. The third-order valence-electron chi connectivity index (χ3n) is 4.87. The number of nitrogens with one attached hydrogen (secondary N) is 1. The van der Waals surface area contributed by atoms with E-state index in [2.05, 4.69) is 28.4 Å². The van der Waals surface area contributed by atoms with Crippen LogP contribution in [0.25, 0.3) is 10.8 Å². The lowest BCUT2D eigenvalue weighted by molar-refractivity contribution is 0.157. The summed E-state index contributed by atoms with van der Waals surface area (Å²) in [6, 6.07) is 12.8. The topological polar surface area (TPSA) is 35.5 Å². The maximum absolute atomic E-state index is 10.1. The fraction of sp³-hybridized carbons (Fsp3) is 0.444.